The van der Waals surface area contributed by atoms with Gasteiger partial charge < -0.3 is 15.4 Å². The molecule has 0 aromatic carbocycles. The molecule has 2 rings (SSSR count). The van der Waals surface area contributed by atoms with Crippen molar-refractivity contribution in [3.05, 3.63) is 11.3 Å². The first-order valence-electron chi connectivity index (χ1n) is 6.63. The fourth-order valence-electron chi connectivity index (χ4n) is 2.92. The molecule has 0 amide bonds. The number of nitrogens with zero attached hydrogens (tertiary/aromatic N) is 3. The number of rotatable bonds is 5. The van der Waals surface area contributed by atoms with E-state index in [2.05, 4.69) is 16.9 Å². The highest BCUT2D eigenvalue weighted by atomic mass is 16.5. The number of hydrogen-bond acceptors (Lipinski definition) is 4. The highest BCUT2D eigenvalue weighted by Crippen LogP contribution is 2.28. The largest absolute Gasteiger partial charge is 0.384 e. The average molecular weight is 252 g/mol. The third-order valence-electron chi connectivity index (χ3n) is 3.70. The molecule has 1 fully saturated rings. The molecule has 1 atom stereocenters. The Labute approximate surface area is 109 Å². The van der Waals surface area contributed by atoms with Crippen LogP contribution in [0.15, 0.2) is 0 Å². The van der Waals surface area contributed by atoms with E-state index >= 15 is 0 Å². The molecule has 0 aliphatic carbocycles. The molecule has 5 nitrogen and oxygen atoms in total. The van der Waals surface area contributed by atoms with E-state index in [0.717, 1.165) is 31.8 Å². The molecule has 0 spiro atoms. The van der Waals surface area contributed by atoms with Crippen LogP contribution in [0, 0.1) is 12.8 Å². The van der Waals surface area contributed by atoms with Crippen LogP contribution in [0.5, 0.6) is 0 Å². The maximum absolute atomic E-state index is 5.71. The highest BCUT2D eigenvalue weighted by molar-refractivity contribution is 5.51. The van der Waals surface area contributed by atoms with Crippen LogP contribution in [0.1, 0.15) is 17.7 Å². The van der Waals surface area contributed by atoms with E-state index in [1.807, 2.05) is 11.7 Å². The smallest absolute Gasteiger partial charge is 0.130 e. The van der Waals surface area contributed by atoms with E-state index in [1.54, 1.807) is 7.11 Å². The second kappa shape index (κ2) is 5.71. The van der Waals surface area contributed by atoms with E-state index in [1.165, 1.54) is 17.8 Å². The van der Waals surface area contributed by atoms with Gasteiger partial charge in [0.25, 0.3) is 0 Å². The Balaban J connectivity index is 2.18. The predicted octanol–water partition coefficient (Wildman–Crippen LogP) is 0.702. The molecule has 1 aromatic heterocycles. The van der Waals surface area contributed by atoms with Crippen LogP contribution in [0.3, 0.4) is 0 Å². The number of aryl methyl sites for hydroxylation is 2. The molecule has 1 aliphatic rings. The molecule has 102 valence electrons. The Bertz CT molecular complexity index is 402. The molecular weight excluding hydrogens is 228 g/mol. The van der Waals surface area contributed by atoms with E-state index in [4.69, 9.17) is 10.5 Å². The third-order valence-corrected chi connectivity index (χ3v) is 3.70. The molecule has 5 heteroatoms. The van der Waals surface area contributed by atoms with Crippen LogP contribution in [-0.2, 0) is 18.2 Å². The lowest BCUT2D eigenvalue weighted by molar-refractivity contribution is 0.161. The number of methoxy groups -OCH3 is 1. The lowest BCUT2D eigenvalue weighted by Crippen LogP contribution is -2.24. The monoisotopic (exact) mass is 252 g/mol. The first kappa shape index (κ1) is 13.4. The topological polar surface area (TPSA) is 56.3 Å². The number of anilines is 1. The highest BCUT2D eigenvalue weighted by Gasteiger charge is 2.27. The number of nitrogens with two attached hydrogens (primary N) is 1. The van der Waals surface area contributed by atoms with Crippen molar-refractivity contribution in [2.75, 3.05) is 38.3 Å². The van der Waals surface area contributed by atoms with Crippen molar-refractivity contribution < 1.29 is 4.74 Å². The number of aromatic nitrogens is 2. The van der Waals surface area contributed by atoms with E-state index in [0.29, 0.717) is 12.5 Å². The second-order valence-corrected chi connectivity index (χ2v) is 5.11. The van der Waals surface area contributed by atoms with Gasteiger partial charge in [-0.1, -0.05) is 0 Å². The summed E-state index contributed by atoms with van der Waals surface area (Å²) in [6.45, 7) is 5.74. The predicted molar refractivity (Wildman–Crippen MR) is 72.9 cm³/mol. The van der Waals surface area contributed by atoms with Crippen LogP contribution in [0.4, 0.5) is 5.82 Å². The fraction of sp³-hybridized carbons (Fsp3) is 0.769. The van der Waals surface area contributed by atoms with Crippen molar-refractivity contribution in [3.63, 3.8) is 0 Å². The van der Waals surface area contributed by atoms with Gasteiger partial charge in [0.05, 0.1) is 12.3 Å². The summed E-state index contributed by atoms with van der Waals surface area (Å²) in [6, 6.07) is 0. The maximum Gasteiger partial charge on any atom is 0.130 e. The van der Waals surface area contributed by atoms with Gasteiger partial charge in [0.15, 0.2) is 0 Å². The average Bonchev–Trinajstić information content (AvgIpc) is 2.86. The molecule has 1 aromatic rings. The second-order valence-electron chi connectivity index (χ2n) is 5.11. The van der Waals surface area contributed by atoms with Crippen molar-refractivity contribution >= 4 is 5.82 Å². The number of ether oxygens (including phenoxy) is 1. The van der Waals surface area contributed by atoms with Crippen molar-refractivity contribution in [1.29, 1.82) is 0 Å². The molecule has 0 radical (unpaired) electrons. The van der Waals surface area contributed by atoms with E-state index in [9.17, 15) is 0 Å². The Morgan fingerprint density at radius 3 is 2.94 bits per heavy atom. The van der Waals surface area contributed by atoms with E-state index in [-0.39, 0.29) is 0 Å². The van der Waals surface area contributed by atoms with Crippen molar-refractivity contribution in [3.8, 4) is 0 Å². The summed E-state index contributed by atoms with van der Waals surface area (Å²) in [5.41, 5.74) is 8.11. The zero-order valence-corrected chi connectivity index (χ0v) is 11.6. The Morgan fingerprint density at radius 1 is 1.50 bits per heavy atom. The summed E-state index contributed by atoms with van der Waals surface area (Å²) >= 11 is 0. The zero-order valence-electron chi connectivity index (χ0n) is 11.6. The Morgan fingerprint density at radius 2 is 2.28 bits per heavy atom. The van der Waals surface area contributed by atoms with Crippen molar-refractivity contribution in [1.82, 2.24) is 9.78 Å². The maximum atomic E-state index is 5.71. The van der Waals surface area contributed by atoms with Crippen LogP contribution in [-0.4, -0.2) is 43.1 Å². The van der Waals surface area contributed by atoms with Gasteiger partial charge in [0.2, 0.25) is 0 Å². The quantitative estimate of drug-likeness (QED) is 0.838. The third kappa shape index (κ3) is 2.52. The van der Waals surface area contributed by atoms with Gasteiger partial charge in [-0.3, -0.25) is 4.68 Å². The minimum atomic E-state index is 0.635. The molecule has 2 N–H and O–H groups in total. The lowest BCUT2D eigenvalue weighted by Gasteiger charge is -2.20. The minimum absolute atomic E-state index is 0.635. The van der Waals surface area contributed by atoms with Gasteiger partial charge in [-0.25, -0.2) is 0 Å². The Kier molecular flexibility index (Phi) is 4.24. The molecule has 0 bridgehead atoms. The molecular formula is C13H24N4O. The fourth-order valence-corrected chi connectivity index (χ4v) is 2.92. The molecule has 1 saturated heterocycles. The van der Waals surface area contributed by atoms with Crippen LogP contribution in [0.2, 0.25) is 0 Å². The van der Waals surface area contributed by atoms with Crippen molar-refractivity contribution in [2.45, 2.75) is 19.8 Å². The van der Waals surface area contributed by atoms with Crippen LogP contribution < -0.4 is 10.6 Å². The Hall–Kier alpha value is -1.07. The summed E-state index contributed by atoms with van der Waals surface area (Å²) < 4.78 is 7.25. The first-order chi connectivity index (χ1) is 8.67. The molecule has 1 aliphatic heterocycles. The molecule has 0 saturated carbocycles. The van der Waals surface area contributed by atoms with Crippen LogP contribution >= 0.6 is 0 Å². The van der Waals surface area contributed by atoms with E-state index < -0.39 is 0 Å². The normalized spacial score (nSPS) is 19.8. The summed E-state index contributed by atoms with van der Waals surface area (Å²) in [5, 5.41) is 4.53. The first-order valence-corrected chi connectivity index (χ1v) is 6.63. The summed E-state index contributed by atoms with van der Waals surface area (Å²) in [7, 11) is 3.79. The van der Waals surface area contributed by atoms with Gasteiger partial charge in [-0.05, 0) is 26.3 Å². The molecule has 2 heterocycles. The van der Waals surface area contributed by atoms with Gasteiger partial charge in [0, 0.05) is 38.7 Å². The van der Waals surface area contributed by atoms with Crippen molar-refractivity contribution in [2.24, 2.45) is 18.7 Å². The molecule has 18 heavy (non-hydrogen) atoms. The minimum Gasteiger partial charge on any atom is -0.384 e. The van der Waals surface area contributed by atoms with Gasteiger partial charge in [-0.15, -0.1) is 0 Å². The summed E-state index contributed by atoms with van der Waals surface area (Å²) in [6.07, 6.45) is 2.10. The zero-order chi connectivity index (χ0) is 13.1. The molecule has 1 unspecified atom stereocenters. The summed E-state index contributed by atoms with van der Waals surface area (Å²) in [5.74, 6) is 1.88. The van der Waals surface area contributed by atoms with Gasteiger partial charge in [0.1, 0.15) is 5.82 Å². The summed E-state index contributed by atoms with van der Waals surface area (Å²) in [4.78, 5) is 2.43. The van der Waals surface area contributed by atoms with Gasteiger partial charge >= 0.3 is 0 Å². The lowest BCUT2D eigenvalue weighted by atomic mass is 10.1. The number of hydrogen-bond donors (Lipinski definition) is 1. The van der Waals surface area contributed by atoms with Gasteiger partial charge in [-0.2, -0.15) is 5.10 Å². The SMILES string of the molecule is COCC1CCN(c2c(CCN)c(C)nn2C)C1. The standard InChI is InChI=1S/C13H24N4O/c1-10-12(4-6-14)13(16(2)15-10)17-7-5-11(8-17)9-18-3/h11H,4-9,14H2,1-3H3. The van der Waals surface area contributed by atoms with Crippen LogP contribution in [0.25, 0.3) is 0 Å².